The number of imidazole rings is 1. The monoisotopic (exact) mass is 281 g/mol. The molecule has 0 amide bonds. The highest BCUT2D eigenvalue weighted by molar-refractivity contribution is 5.85. The fourth-order valence-corrected chi connectivity index (χ4v) is 2.13. The summed E-state index contributed by atoms with van der Waals surface area (Å²) in [6, 6.07) is 0. The summed E-state index contributed by atoms with van der Waals surface area (Å²) in [5, 5.41) is 3.42. The van der Waals surface area contributed by atoms with Crippen LogP contribution < -0.4 is 5.32 Å². The van der Waals surface area contributed by atoms with Crippen LogP contribution in [0.25, 0.3) is 0 Å². The number of nitrogens with one attached hydrogen (secondary N) is 1. The first-order valence-corrected chi connectivity index (χ1v) is 5.62. The molecule has 1 N–H and O–H groups in total. The molecule has 4 nitrogen and oxygen atoms in total. The fraction of sp³-hybridized carbons (Fsp3) is 0.727. The zero-order valence-corrected chi connectivity index (χ0v) is 11.7. The summed E-state index contributed by atoms with van der Waals surface area (Å²) >= 11 is 0. The van der Waals surface area contributed by atoms with Gasteiger partial charge in [0.05, 0.1) is 6.61 Å². The van der Waals surface area contributed by atoms with Gasteiger partial charge in [0.15, 0.2) is 0 Å². The van der Waals surface area contributed by atoms with Crippen molar-refractivity contribution in [3.63, 3.8) is 0 Å². The van der Waals surface area contributed by atoms with E-state index in [1.807, 2.05) is 12.4 Å². The lowest BCUT2D eigenvalue weighted by Crippen LogP contribution is -2.30. The number of halogens is 2. The Morgan fingerprint density at radius 1 is 1.53 bits per heavy atom. The number of hydrogen-bond acceptors (Lipinski definition) is 3. The maximum atomic E-state index is 5.09. The van der Waals surface area contributed by atoms with E-state index in [9.17, 15) is 0 Å². The smallest absolute Gasteiger partial charge is 0.113 e. The minimum absolute atomic E-state index is 0. The Bertz CT molecular complexity index is 301. The highest BCUT2D eigenvalue weighted by Crippen LogP contribution is 2.21. The summed E-state index contributed by atoms with van der Waals surface area (Å²) in [5.41, 5.74) is 0. The van der Waals surface area contributed by atoms with Crippen molar-refractivity contribution in [3.8, 4) is 0 Å². The summed E-state index contributed by atoms with van der Waals surface area (Å²) in [5.74, 6) is 1.78. The normalized spacial score (nSPS) is 19.2. The topological polar surface area (TPSA) is 39.1 Å². The Kier molecular flexibility index (Phi) is 8.60. The molecule has 100 valence electrons. The Morgan fingerprint density at radius 2 is 2.35 bits per heavy atom. The van der Waals surface area contributed by atoms with Gasteiger partial charge in [0.2, 0.25) is 0 Å². The van der Waals surface area contributed by atoms with Crippen LogP contribution in [0.4, 0.5) is 0 Å². The van der Waals surface area contributed by atoms with Gasteiger partial charge >= 0.3 is 0 Å². The molecule has 0 radical (unpaired) electrons. The predicted octanol–water partition coefficient (Wildman–Crippen LogP) is 1.84. The first-order valence-electron chi connectivity index (χ1n) is 5.62. The van der Waals surface area contributed by atoms with E-state index in [-0.39, 0.29) is 24.8 Å². The Labute approximate surface area is 115 Å². The van der Waals surface area contributed by atoms with Crippen LogP contribution in [0.3, 0.4) is 0 Å². The van der Waals surface area contributed by atoms with Gasteiger partial charge in [-0.25, -0.2) is 4.98 Å². The first-order chi connectivity index (χ1) is 7.42. The van der Waals surface area contributed by atoms with E-state index in [4.69, 9.17) is 4.74 Å². The predicted molar refractivity (Wildman–Crippen MR) is 73.4 cm³/mol. The molecule has 1 aromatic heterocycles. The summed E-state index contributed by atoms with van der Waals surface area (Å²) in [7, 11) is 1.73. The Morgan fingerprint density at radius 3 is 3.00 bits per heavy atom. The number of piperidine rings is 1. The maximum absolute atomic E-state index is 5.09. The van der Waals surface area contributed by atoms with Crippen molar-refractivity contribution in [2.24, 2.45) is 0 Å². The maximum Gasteiger partial charge on any atom is 0.113 e. The quantitative estimate of drug-likeness (QED) is 0.916. The molecule has 1 aliphatic rings. The highest BCUT2D eigenvalue weighted by Gasteiger charge is 2.19. The summed E-state index contributed by atoms with van der Waals surface area (Å²) in [6.45, 7) is 3.87. The third kappa shape index (κ3) is 4.47. The molecule has 1 fully saturated rings. The third-order valence-electron chi connectivity index (χ3n) is 2.95. The zero-order chi connectivity index (χ0) is 10.5. The van der Waals surface area contributed by atoms with Crippen molar-refractivity contribution in [1.82, 2.24) is 14.9 Å². The molecule has 0 saturated carbocycles. The van der Waals surface area contributed by atoms with Crippen molar-refractivity contribution in [1.29, 1.82) is 0 Å². The number of nitrogens with zero attached hydrogens (tertiary/aromatic N) is 2. The van der Waals surface area contributed by atoms with Crippen LogP contribution in [0.5, 0.6) is 0 Å². The molecular weight excluding hydrogens is 261 g/mol. The van der Waals surface area contributed by atoms with E-state index in [0.717, 1.165) is 26.2 Å². The van der Waals surface area contributed by atoms with Crippen molar-refractivity contribution in [2.75, 3.05) is 26.8 Å². The molecule has 0 spiro atoms. The van der Waals surface area contributed by atoms with E-state index >= 15 is 0 Å². The molecule has 0 bridgehead atoms. The van der Waals surface area contributed by atoms with Crippen molar-refractivity contribution in [3.05, 3.63) is 18.2 Å². The average molecular weight is 282 g/mol. The fourth-order valence-electron chi connectivity index (χ4n) is 2.13. The van der Waals surface area contributed by atoms with E-state index in [1.54, 1.807) is 7.11 Å². The second kappa shape index (κ2) is 8.75. The zero-order valence-electron chi connectivity index (χ0n) is 10.1. The second-order valence-corrected chi connectivity index (χ2v) is 4.01. The van der Waals surface area contributed by atoms with Gasteiger partial charge in [0.1, 0.15) is 5.82 Å². The lowest BCUT2D eigenvalue weighted by atomic mass is 9.99. The minimum atomic E-state index is 0. The second-order valence-electron chi connectivity index (χ2n) is 4.01. The highest BCUT2D eigenvalue weighted by atomic mass is 35.5. The van der Waals surface area contributed by atoms with Crippen LogP contribution in [0.15, 0.2) is 12.4 Å². The molecule has 0 aliphatic carbocycles. The van der Waals surface area contributed by atoms with Crippen LogP contribution in [0.1, 0.15) is 24.6 Å². The van der Waals surface area contributed by atoms with Crippen LogP contribution in [0, 0.1) is 0 Å². The van der Waals surface area contributed by atoms with Crippen molar-refractivity contribution >= 4 is 24.8 Å². The van der Waals surface area contributed by atoms with Gasteiger partial charge in [-0.05, 0) is 19.4 Å². The van der Waals surface area contributed by atoms with Crippen LogP contribution in [-0.4, -0.2) is 36.4 Å². The molecule has 2 heterocycles. The van der Waals surface area contributed by atoms with Crippen LogP contribution in [-0.2, 0) is 11.3 Å². The molecular formula is C11H21Cl2N3O. The number of methoxy groups -OCH3 is 1. The molecule has 1 aliphatic heterocycles. The van der Waals surface area contributed by atoms with Gasteiger partial charge in [-0.3, -0.25) is 0 Å². The Hall–Kier alpha value is -0.290. The number of hydrogen-bond donors (Lipinski definition) is 1. The Balaban J connectivity index is 0.00000128. The largest absolute Gasteiger partial charge is 0.383 e. The van der Waals surface area contributed by atoms with Crippen molar-refractivity contribution in [2.45, 2.75) is 25.3 Å². The lowest BCUT2D eigenvalue weighted by molar-refractivity contribution is 0.185. The number of aromatic nitrogens is 2. The SMILES string of the molecule is COCCn1ccnc1C1CCCNC1.Cl.Cl. The van der Waals surface area contributed by atoms with Gasteiger partial charge in [0.25, 0.3) is 0 Å². The van der Waals surface area contributed by atoms with Gasteiger partial charge in [-0.1, -0.05) is 0 Å². The molecule has 1 saturated heterocycles. The van der Waals surface area contributed by atoms with E-state index in [1.165, 1.54) is 18.7 Å². The number of rotatable bonds is 4. The van der Waals surface area contributed by atoms with Crippen LogP contribution >= 0.6 is 24.8 Å². The minimum Gasteiger partial charge on any atom is -0.383 e. The first kappa shape index (κ1) is 16.7. The van der Waals surface area contributed by atoms with E-state index in [0.29, 0.717) is 5.92 Å². The standard InChI is InChI=1S/C11H19N3O.2ClH/c1-15-8-7-14-6-5-13-11(14)10-3-2-4-12-9-10;;/h5-6,10,12H,2-4,7-9H2,1H3;2*1H. The van der Waals surface area contributed by atoms with E-state index < -0.39 is 0 Å². The van der Waals surface area contributed by atoms with Gasteiger partial charge in [-0.15, -0.1) is 24.8 Å². The third-order valence-corrected chi connectivity index (χ3v) is 2.95. The molecule has 1 unspecified atom stereocenters. The molecule has 2 rings (SSSR count). The van der Waals surface area contributed by atoms with E-state index in [2.05, 4.69) is 14.9 Å². The summed E-state index contributed by atoms with van der Waals surface area (Å²) in [6.07, 6.45) is 6.43. The van der Waals surface area contributed by atoms with Gasteiger partial charge < -0.3 is 14.6 Å². The summed E-state index contributed by atoms with van der Waals surface area (Å²) in [4.78, 5) is 4.46. The average Bonchev–Trinajstić information content (AvgIpc) is 2.75. The molecule has 6 heteroatoms. The van der Waals surface area contributed by atoms with Crippen LogP contribution in [0.2, 0.25) is 0 Å². The molecule has 17 heavy (non-hydrogen) atoms. The molecule has 0 aromatic carbocycles. The molecule has 1 atom stereocenters. The van der Waals surface area contributed by atoms with Crippen molar-refractivity contribution < 1.29 is 4.74 Å². The lowest BCUT2D eigenvalue weighted by Gasteiger charge is -2.23. The van der Waals surface area contributed by atoms with Gasteiger partial charge in [-0.2, -0.15) is 0 Å². The summed E-state index contributed by atoms with van der Waals surface area (Å²) < 4.78 is 7.30. The molecule has 1 aromatic rings. The van der Waals surface area contributed by atoms with Gasteiger partial charge in [0, 0.05) is 38.5 Å². The number of ether oxygens (including phenoxy) is 1.